The summed E-state index contributed by atoms with van der Waals surface area (Å²) in [5.74, 6) is -1.87. The second-order valence-corrected chi connectivity index (χ2v) is 16.0. The molecule has 1 aromatic heterocycles. The van der Waals surface area contributed by atoms with Crippen molar-refractivity contribution in [2.75, 3.05) is 13.7 Å². The van der Waals surface area contributed by atoms with Crippen molar-refractivity contribution in [2.24, 2.45) is 17.8 Å². The predicted molar refractivity (Wildman–Crippen MR) is 183 cm³/mol. The molecule has 1 saturated heterocycles. The van der Waals surface area contributed by atoms with E-state index in [0.717, 1.165) is 11.8 Å². The molecule has 2 aliphatic heterocycles. The maximum Gasteiger partial charge on any atom is 0.405 e. The Morgan fingerprint density at radius 3 is 2.56 bits per heavy atom. The van der Waals surface area contributed by atoms with Crippen LogP contribution in [0.2, 0.25) is 0 Å². The van der Waals surface area contributed by atoms with E-state index in [4.69, 9.17) is 9.47 Å². The molecule has 270 valence electrons. The fraction of sp³-hybridized carbons (Fsp3) is 0.571. The quantitative estimate of drug-likeness (QED) is 0.296. The topological polar surface area (TPSA) is 193 Å². The van der Waals surface area contributed by atoms with Crippen molar-refractivity contribution in [3.8, 4) is 11.6 Å². The van der Waals surface area contributed by atoms with Crippen LogP contribution in [0.4, 0.5) is 4.79 Å². The number of carboxylic acid groups (broad SMARTS) is 1. The molecule has 4 amide bonds. The lowest BCUT2D eigenvalue weighted by molar-refractivity contribution is -0.142. The first-order chi connectivity index (χ1) is 23.9. The molecular weight excluding hydrogens is 666 g/mol. The SMILES string of the molecule is CC[C@@H]1C[C@H](C)CCC=C[C@@H]2C[C@@]2(C(=O)NS(=O)(=O)C2CC2)NC(=O)[C@@H]2C[C@@H](Oc3ncc(OC)c4ccccc34)CN2C(=O)[C@H]1NC(=O)O. The molecule has 0 bridgehead atoms. The maximum atomic E-state index is 14.5. The number of pyridine rings is 1. The second-order valence-electron chi connectivity index (χ2n) is 14.0. The molecule has 1 aromatic carbocycles. The average molecular weight is 712 g/mol. The van der Waals surface area contributed by atoms with Crippen LogP contribution in [0.15, 0.2) is 42.6 Å². The van der Waals surface area contributed by atoms with Gasteiger partial charge in [-0.05, 0) is 56.4 Å². The molecule has 0 spiro atoms. The molecule has 50 heavy (non-hydrogen) atoms. The first-order valence-electron chi connectivity index (χ1n) is 17.3. The van der Waals surface area contributed by atoms with Crippen LogP contribution in [0.25, 0.3) is 10.8 Å². The lowest BCUT2D eigenvalue weighted by atomic mass is 9.85. The van der Waals surface area contributed by atoms with Crippen LogP contribution in [0, 0.1) is 17.8 Å². The highest BCUT2D eigenvalue weighted by molar-refractivity contribution is 7.91. The van der Waals surface area contributed by atoms with E-state index in [9.17, 15) is 32.7 Å². The smallest absolute Gasteiger partial charge is 0.405 e. The van der Waals surface area contributed by atoms with Crippen LogP contribution in [0.5, 0.6) is 11.6 Å². The van der Waals surface area contributed by atoms with Crippen LogP contribution < -0.4 is 24.8 Å². The first-order valence-corrected chi connectivity index (χ1v) is 18.8. The number of rotatable bonds is 8. The normalized spacial score (nSPS) is 30.3. The third-order valence-corrected chi connectivity index (χ3v) is 12.3. The number of nitrogens with one attached hydrogen (secondary N) is 3. The Morgan fingerprint density at radius 2 is 1.88 bits per heavy atom. The summed E-state index contributed by atoms with van der Waals surface area (Å²) in [6, 6.07) is 5.08. The molecule has 3 fully saturated rings. The number of nitrogens with zero attached hydrogens (tertiary/aromatic N) is 2. The highest BCUT2D eigenvalue weighted by Crippen LogP contribution is 2.46. The zero-order chi connectivity index (χ0) is 35.8. The minimum atomic E-state index is -3.90. The molecule has 2 aromatic rings. The Bertz CT molecular complexity index is 1800. The molecule has 0 radical (unpaired) electrons. The van der Waals surface area contributed by atoms with E-state index in [1.54, 1.807) is 0 Å². The number of aromatic nitrogens is 1. The van der Waals surface area contributed by atoms with E-state index in [2.05, 4.69) is 20.3 Å². The summed E-state index contributed by atoms with van der Waals surface area (Å²) in [5, 5.41) is 15.9. The number of allylic oxidation sites excluding steroid dienone is 1. The number of amides is 4. The van der Waals surface area contributed by atoms with Gasteiger partial charge >= 0.3 is 6.09 Å². The van der Waals surface area contributed by atoms with Crippen LogP contribution in [-0.2, 0) is 24.4 Å². The number of methoxy groups -OCH3 is 1. The predicted octanol–water partition coefficient (Wildman–Crippen LogP) is 3.11. The van der Waals surface area contributed by atoms with E-state index >= 15 is 0 Å². The van der Waals surface area contributed by atoms with E-state index in [-0.39, 0.29) is 37.1 Å². The van der Waals surface area contributed by atoms with Gasteiger partial charge in [0.15, 0.2) is 0 Å². The lowest BCUT2D eigenvalue weighted by Gasteiger charge is -2.33. The molecule has 0 unspecified atom stereocenters. The van der Waals surface area contributed by atoms with Crippen LogP contribution in [0.3, 0.4) is 0 Å². The third kappa shape index (κ3) is 7.23. The Morgan fingerprint density at radius 1 is 1.14 bits per heavy atom. The average Bonchev–Trinajstić information content (AvgIpc) is 4.01. The molecule has 14 nitrogen and oxygen atoms in total. The van der Waals surface area contributed by atoms with Crippen LogP contribution in [-0.4, -0.2) is 89.9 Å². The summed E-state index contributed by atoms with van der Waals surface area (Å²) in [5.41, 5.74) is -1.52. The van der Waals surface area contributed by atoms with Crippen molar-refractivity contribution in [3.63, 3.8) is 0 Å². The molecule has 2 aliphatic carbocycles. The van der Waals surface area contributed by atoms with Crippen molar-refractivity contribution in [1.82, 2.24) is 25.2 Å². The van der Waals surface area contributed by atoms with Gasteiger partial charge in [-0.2, -0.15) is 0 Å². The molecule has 3 heterocycles. The van der Waals surface area contributed by atoms with Gasteiger partial charge in [-0.3, -0.25) is 19.1 Å². The van der Waals surface area contributed by atoms with Crippen molar-refractivity contribution < 1.29 is 42.2 Å². The van der Waals surface area contributed by atoms with Crippen molar-refractivity contribution in [2.45, 2.75) is 94.2 Å². The Balaban J connectivity index is 1.35. The zero-order valence-electron chi connectivity index (χ0n) is 28.5. The van der Waals surface area contributed by atoms with E-state index in [1.165, 1.54) is 18.2 Å². The van der Waals surface area contributed by atoms with E-state index in [0.29, 0.717) is 43.2 Å². The fourth-order valence-electron chi connectivity index (χ4n) is 7.40. The summed E-state index contributed by atoms with van der Waals surface area (Å²) < 4.78 is 39.6. The zero-order valence-corrected chi connectivity index (χ0v) is 29.3. The third-order valence-electron chi connectivity index (χ3n) is 10.5. The molecule has 7 atom stereocenters. The van der Waals surface area contributed by atoms with Crippen molar-refractivity contribution >= 4 is 44.6 Å². The minimum Gasteiger partial charge on any atom is -0.494 e. The summed E-state index contributed by atoms with van der Waals surface area (Å²) in [4.78, 5) is 60.2. The number of hydrogen-bond acceptors (Lipinski definition) is 9. The van der Waals surface area contributed by atoms with Crippen molar-refractivity contribution in [3.05, 3.63) is 42.6 Å². The summed E-state index contributed by atoms with van der Waals surface area (Å²) >= 11 is 0. The van der Waals surface area contributed by atoms with E-state index in [1.807, 2.05) is 50.3 Å². The maximum absolute atomic E-state index is 14.5. The number of hydrogen-bond donors (Lipinski definition) is 4. The number of carbonyl (C=O) groups is 4. The molecule has 6 rings (SSSR count). The van der Waals surface area contributed by atoms with Crippen LogP contribution in [0.1, 0.15) is 65.2 Å². The highest BCUT2D eigenvalue weighted by atomic mass is 32.2. The van der Waals surface area contributed by atoms with Gasteiger partial charge in [-0.25, -0.2) is 18.2 Å². The van der Waals surface area contributed by atoms with Gasteiger partial charge in [-0.1, -0.05) is 50.6 Å². The number of ether oxygens (including phenoxy) is 2. The van der Waals surface area contributed by atoms with Gasteiger partial charge in [0, 0.05) is 23.1 Å². The largest absolute Gasteiger partial charge is 0.494 e. The standard InChI is InChI=1S/C35H45N5O9S/c1-4-21-15-20(2)9-5-6-10-22-17-35(22,33(43)39-50(46,47)24-13-14-24)38-30(41)27-16-23(19-40(27)32(42)29(21)37-34(44)45)49-31-26-12-8-7-11-25(26)28(48-3)18-36-31/h6-8,10-12,18,20-24,27,29,37H,4-5,9,13-17,19H2,1-3H3,(H,38,41)(H,39,43)(H,44,45)/t20-,21-,22-,23-,27+,29+,35-/m1/s1. The molecule has 15 heteroatoms. The number of carbonyl (C=O) groups excluding carboxylic acids is 3. The molecule has 4 aliphatic rings. The number of fused-ring (bicyclic) bond motifs is 3. The summed E-state index contributed by atoms with van der Waals surface area (Å²) in [6.07, 6.45) is 6.88. The Hall–Kier alpha value is -4.40. The monoisotopic (exact) mass is 711 g/mol. The lowest BCUT2D eigenvalue weighted by Crippen LogP contribution is -2.59. The summed E-state index contributed by atoms with van der Waals surface area (Å²) in [6.45, 7) is 3.90. The highest BCUT2D eigenvalue weighted by Gasteiger charge is 2.62. The van der Waals surface area contributed by atoms with E-state index < -0.39 is 68.7 Å². The van der Waals surface area contributed by atoms with Crippen LogP contribution >= 0.6 is 0 Å². The molecular formula is C35H45N5O9S. The first kappa shape index (κ1) is 35.4. The Labute approximate surface area is 291 Å². The summed E-state index contributed by atoms with van der Waals surface area (Å²) in [7, 11) is -2.36. The Kier molecular flexibility index (Phi) is 9.98. The van der Waals surface area contributed by atoms with Gasteiger partial charge in [0.2, 0.25) is 27.7 Å². The van der Waals surface area contributed by atoms with Crippen molar-refractivity contribution in [1.29, 1.82) is 0 Å². The fourth-order valence-corrected chi connectivity index (χ4v) is 8.77. The van der Waals surface area contributed by atoms with Gasteiger partial charge < -0.3 is 30.1 Å². The molecule has 2 saturated carbocycles. The van der Waals surface area contributed by atoms with Gasteiger partial charge in [-0.15, -0.1) is 0 Å². The van der Waals surface area contributed by atoms with Gasteiger partial charge in [0.1, 0.15) is 29.5 Å². The minimum absolute atomic E-state index is 0.0190. The van der Waals surface area contributed by atoms with Gasteiger partial charge in [0.25, 0.3) is 5.91 Å². The number of benzene rings is 1. The number of sulfonamides is 1. The molecule has 4 N–H and O–H groups in total. The van der Waals surface area contributed by atoms with Gasteiger partial charge in [0.05, 0.1) is 25.1 Å². The second kappa shape index (κ2) is 14.1.